The summed E-state index contributed by atoms with van der Waals surface area (Å²) in [7, 11) is 0. The molecular formula is C21H15BrN2O2. The highest BCUT2D eigenvalue weighted by atomic mass is 79.9. The number of phenols is 1. The van der Waals surface area contributed by atoms with Crippen molar-refractivity contribution in [3.8, 4) is 28.8 Å². The number of rotatable bonds is 3. The number of aromatic nitrogens is 2. The van der Waals surface area contributed by atoms with Crippen LogP contribution in [0.1, 0.15) is 5.56 Å². The molecule has 0 aliphatic heterocycles. The molecule has 0 aliphatic carbocycles. The van der Waals surface area contributed by atoms with Gasteiger partial charge in [-0.25, -0.2) is 4.98 Å². The average molecular weight is 407 g/mol. The largest absolute Gasteiger partial charge is 0.507 e. The van der Waals surface area contributed by atoms with E-state index >= 15 is 0 Å². The number of hydrogen-bond acceptors (Lipinski definition) is 4. The van der Waals surface area contributed by atoms with Gasteiger partial charge in [-0.2, -0.15) is 4.98 Å². The van der Waals surface area contributed by atoms with Crippen LogP contribution in [0.15, 0.2) is 71.2 Å². The molecule has 1 N–H and O–H groups in total. The van der Waals surface area contributed by atoms with Crippen molar-refractivity contribution in [3.05, 3.63) is 76.8 Å². The van der Waals surface area contributed by atoms with Crippen LogP contribution in [-0.4, -0.2) is 15.1 Å². The first kappa shape index (κ1) is 16.5. The van der Waals surface area contributed by atoms with Crippen LogP contribution in [-0.2, 0) is 0 Å². The second-order valence-electron chi connectivity index (χ2n) is 5.90. The van der Waals surface area contributed by atoms with Crippen LogP contribution in [0.3, 0.4) is 0 Å². The maximum atomic E-state index is 10.2. The summed E-state index contributed by atoms with van der Waals surface area (Å²) in [5, 5.41) is 11.0. The van der Waals surface area contributed by atoms with E-state index in [0.29, 0.717) is 17.3 Å². The fraction of sp³-hybridized carbons (Fsp3) is 0.0476. The predicted octanol–water partition coefficient (Wildman–Crippen LogP) is 5.87. The maximum Gasteiger partial charge on any atom is 0.230 e. The highest BCUT2D eigenvalue weighted by Crippen LogP contribution is 2.34. The Hall–Kier alpha value is -2.92. The minimum absolute atomic E-state index is 0.133. The van der Waals surface area contributed by atoms with Gasteiger partial charge in [-0.05, 0) is 55.0 Å². The van der Waals surface area contributed by atoms with Crippen LogP contribution in [0.5, 0.6) is 17.4 Å². The number of para-hydroxylation sites is 2. The summed E-state index contributed by atoms with van der Waals surface area (Å²) in [6, 6.07) is 20.5. The van der Waals surface area contributed by atoms with Gasteiger partial charge in [0.05, 0.1) is 16.5 Å². The highest BCUT2D eigenvalue weighted by Gasteiger charge is 2.14. The molecule has 26 heavy (non-hydrogen) atoms. The van der Waals surface area contributed by atoms with Crippen molar-refractivity contribution < 1.29 is 9.84 Å². The number of hydrogen-bond donors (Lipinski definition) is 1. The first-order chi connectivity index (χ1) is 12.6. The van der Waals surface area contributed by atoms with E-state index in [9.17, 15) is 5.11 Å². The van der Waals surface area contributed by atoms with Gasteiger partial charge in [-0.1, -0.05) is 40.2 Å². The van der Waals surface area contributed by atoms with E-state index < -0.39 is 0 Å². The van der Waals surface area contributed by atoms with Gasteiger partial charge in [-0.15, -0.1) is 0 Å². The third-order valence-corrected chi connectivity index (χ3v) is 4.55. The van der Waals surface area contributed by atoms with E-state index in [0.717, 1.165) is 26.7 Å². The van der Waals surface area contributed by atoms with E-state index in [-0.39, 0.29) is 5.75 Å². The zero-order chi connectivity index (χ0) is 18.1. The van der Waals surface area contributed by atoms with Crippen molar-refractivity contribution >= 4 is 26.8 Å². The Bertz CT molecular complexity index is 1110. The molecule has 0 saturated heterocycles. The number of phenolic OH excluding ortho intramolecular Hbond substituents is 1. The average Bonchev–Trinajstić information content (AvgIpc) is 2.64. The van der Waals surface area contributed by atoms with Crippen LogP contribution < -0.4 is 4.74 Å². The van der Waals surface area contributed by atoms with Gasteiger partial charge in [-0.3, -0.25) is 0 Å². The smallest absolute Gasteiger partial charge is 0.230 e. The third-order valence-electron chi connectivity index (χ3n) is 4.06. The molecule has 0 saturated carbocycles. The first-order valence-corrected chi connectivity index (χ1v) is 8.90. The van der Waals surface area contributed by atoms with Crippen LogP contribution in [0.25, 0.3) is 22.3 Å². The van der Waals surface area contributed by atoms with Crippen LogP contribution in [0, 0.1) is 6.92 Å². The van der Waals surface area contributed by atoms with E-state index in [1.807, 2.05) is 55.5 Å². The van der Waals surface area contributed by atoms with Crippen LogP contribution in [0.2, 0.25) is 0 Å². The Labute approximate surface area is 159 Å². The quantitative estimate of drug-likeness (QED) is 0.462. The second kappa shape index (κ2) is 6.77. The van der Waals surface area contributed by atoms with Gasteiger partial charge in [0.25, 0.3) is 0 Å². The van der Waals surface area contributed by atoms with Crippen molar-refractivity contribution in [2.24, 2.45) is 0 Å². The number of aryl methyl sites for hydroxylation is 1. The fourth-order valence-electron chi connectivity index (χ4n) is 2.74. The summed E-state index contributed by atoms with van der Waals surface area (Å²) >= 11 is 3.46. The maximum absolute atomic E-state index is 10.2. The molecule has 4 aromatic rings. The van der Waals surface area contributed by atoms with Crippen molar-refractivity contribution in [2.75, 3.05) is 0 Å². The van der Waals surface area contributed by atoms with Gasteiger partial charge in [0.15, 0.2) is 5.82 Å². The Kier molecular flexibility index (Phi) is 4.31. The summed E-state index contributed by atoms with van der Waals surface area (Å²) < 4.78 is 7.12. The molecule has 4 rings (SSSR count). The van der Waals surface area contributed by atoms with E-state index in [1.165, 1.54) is 0 Å². The molecule has 3 aromatic carbocycles. The molecule has 5 heteroatoms. The topological polar surface area (TPSA) is 55.2 Å². The molecular weight excluding hydrogens is 392 g/mol. The molecule has 4 nitrogen and oxygen atoms in total. The molecule has 0 atom stereocenters. The molecule has 0 spiro atoms. The zero-order valence-electron chi connectivity index (χ0n) is 14.0. The molecule has 0 bridgehead atoms. The number of nitrogens with zero attached hydrogens (tertiary/aromatic N) is 2. The molecule has 0 radical (unpaired) electrons. The molecule has 1 heterocycles. The molecule has 128 valence electrons. The van der Waals surface area contributed by atoms with Crippen molar-refractivity contribution in [1.29, 1.82) is 0 Å². The van der Waals surface area contributed by atoms with Gasteiger partial charge in [0.1, 0.15) is 11.5 Å². The summed E-state index contributed by atoms with van der Waals surface area (Å²) in [4.78, 5) is 9.17. The van der Waals surface area contributed by atoms with Crippen LogP contribution >= 0.6 is 15.9 Å². The monoisotopic (exact) mass is 406 g/mol. The van der Waals surface area contributed by atoms with E-state index in [1.54, 1.807) is 18.2 Å². The minimum Gasteiger partial charge on any atom is -0.507 e. The molecule has 0 fully saturated rings. The molecule has 0 unspecified atom stereocenters. The number of fused-ring (bicyclic) bond motifs is 1. The lowest BCUT2D eigenvalue weighted by atomic mass is 10.1. The lowest BCUT2D eigenvalue weighted by Gasteiger charge is -2.12. The van der Waals surface area contributed by atoms with Gasteiger partial charge in [0.2, 0.25) is 5.88 Å². The SMILES string of the molecule is Cc1cc(Br)ccc1Oc1nc(-c2ccccc2O)nc2ccccc12. The highest BCUT2D eigenvalue weighted by molar-refractivity contribution is 9.10. The predicted molar refractivity (Wildman–Crippen MR) is 106 cm³/mol. The summed E-state index contributed by atoms with van der Waals surface area (Å²) in [5.41, 5.74) is 2.31. The third kappa shape index (κ3) is 3.13. The van der Waals surface area contributed by atoms with Crippen molar-refractivity contribution in [3.63, 3.8) is 0 Å². The Morgan fingerprint density at radius 2 is 1.69 bits per heavy atom. The van der Waals surface area contributed by atoms with Gasteiger partial charge in [0, 0.05) is 4.47 Å². The Balaban J connectivity index is 1.89. The second-order valence-corrected chi connectivity index (χ2v) is 6.81. The standard InChI is InChI=1S/C21H15BrN2O2/c1-13-12-14(22)10-11-19(13)26-21-15-6-2-4-8-17(15)23-20(24-21)16-7-3-5-9-18(16)25/h2-12,25H,1H3. The van der Waals surface area contributed by atoms with Crippen molar-refractivity contribution in [2.45, 2.75) is 6.92 Å². The molecule has 1 aromatic heterocycles. The lowest BCUT2D eigenvalue weighted by Crippen LogP contribution is -1.97. The molecule has 0 aliphatic rings. The van der Waals surface area contributed by atoms with E-state index in [2.05, 4.69) is 25.9 Å². The zero-order valence-corrected chi connectivity index (χ0v) is 15.6. The Morgan fingerprint density at radius 3 is 2.50 bits per heavy atom. The lowest BCUT2D eigenvalue weighted by molar-refractivity contribution is 0.464. The number of halogens is 1. The summed E-state index contributed by atoms with van der Waals surface area (Å²) in [6.07, 6.45) is 0. The number of aromatic hydroxyl groups is 1. The number of ether oxygens (including phenoxy) is 1. The minimum atomic E-state index is 0.133. The summed E-state index contributed by atoms with van der Waals surface area (Å²) in [5.74, 6) is 1.74. The van der Waals surface area contributed by atoms with Crippen LogP contribution in [0.4, 0.5) is 0 Å². The van der Waals surface area contributed by atoms with Crippen molar-refractivity contribution in [1.82, 2.24) is 9.97 Å². The Morgan fingerprint density at radius 1 is 0.923 bits per heavy atom. The number of benzene rings is 3. The van der Waals surface area contributed by atoms with Gasteiger partial charge < -0.3 is 9.84 Å². The van der Waals surface area contributed by atoms with E-state index in [4.69, 9.17) is 4.74 Å². The fourth-order valence-corrected chi connectivity index (χ4v) is 3.22. The first-order valence-electron chi connectivity index (χ1n) is 8.11. The van der Waals surface area contributed by atoms with Gasteiger partial charge >= 0.3 is 0 Å². The summed E-state index contributed by atoms with van der Waals surface area (Å²) in [6.45, 7) is 1.98. The molecule has 0 amide bonds. The normalized spacial score (nSPS) is 10.8.